The Balaban J connectivity index is 1.95. The maximum absolute atomic E-state index is 6.14. The monoisotopic (exact) mass is 293 g/mol. The van der Waals surface area contributed by atoms with Crippen LogP contribution in [0.3, 0.4) is 0 Å². The Kier molecular flexibility index (Phi) is 3.32. The lowest BCUT2D eigenvalue weighted by molar-refractivity contribution is -0.182. The first-order valence-corrected chi connectivity index (χ1v) is 8.58. The predicted molar refractivity (Wildman–Crippen MR) is 85.0 cm³/mol. The van der Waals surface area contributed by atoms with Crippen LogP contribution < -0.4 is 0 Å². The molecule has 1 saturated heterocycles. The highest BCUT2D eigenvalue weighted by Crippen LogP contribution is 2.53. The lowest BCUT2D eigenvalue weighted by Gasteiger charge is -2.46. The minimum atomic E-state index is -0.0412. The van der Waals surface area contributed by atoms with Crippen molar-refractivity contribution in [1.82, 2.24) is 5.06 Å². The molecule has 0 amide bonds. The molecule has 1 aromatic rings. The Morgan fingerprint density at radius 2 is 2.00 bits per heavy atom. The summed E-state index contributed by atoms with van der Waals surface area (Å²) < 4.78 is 0. The molecule has 1 aliphatic carbocycles. The van der Waals surface area contributed by atoms with Gasteiger partial charge in [0, 0.05) is 23.9 Å². The number of thiophene rings is 1. The average Bonchev–Trinajstić information content (AvgIpc) is 2.82. The maximum Gasteiger partial charge on any atom is 0.0887 e. The zero-order valence-electron chi connectivity index (χ0n) is 13.6. The highest BCUT2D eigenvalue weighted by Gasteiger charge is 2.55. The van der Waals surface area contributed by atoms with Crippen molar-refractivity contribution in [2.45, 2.75) is 64.5 Å². The van der Waals surface area contributed by atoms with Crippen LogP contribution in [0.2, 0.25) is 0 Å². The third kappa shape index (κ3) is 2.15. The van der Waals surface area contributed by atoms with Gasteiger partial charge in [-0.2, -0.15) is 5.06 Å². The fourth-order valence-electron chi connectivity index (χ4n) is 4.68. The van der Waals surface area contributed by atoms with E-state index in [9.17, 15) is 0 Å². The zero-order valence-corrected chi connectivity index (χ0v) is 14.4. The molecule has 2 fully saturated rings. The quantitative estimate of drug-likeness (QED) is 0.761. The lowest BCUT2D eigenvalue weighted by atomic mass is 9.59. The van der Waals surface area contributed by atoms with Crippen molar-refractivity contribution in [1.29, 1.82) is 0 Å². The van der Waals surface area contributed by atoms with Crippen molar-refractivity contribution in [3.05, 3.63) is 21.9 Å². The highest BCUT2D eigenvalue weighted by atomic mass is 32.1. The molecule has 1 saturated carbocycles. The van der Waals surface area contributed by atoms with Crippen LogP contribution >= 0.6 is 11.3 Å². The SMILES string of the molecule is Cc1cc(C2(C)CC(C)C3C(C2)C(C)(C)ON3C)cs1. The van der Waals surface area contributed by atoms with Crippen LogP contribution in [0.4, 0.5) is 0 Å². The number of hydrogen-bond donors (Lipinski definition) is 0. The van der Waals surface area contributed by atoms with Gasteiger partial charge in [0.05, 0.1) is 5.60 Å². The molecule has 20 heavy (non-hydrogen) atoms. The third-order valence-electron chi connectivity index (χ3n) is 5.56. The molecule has 3 rings (SSSR count). The minimum absolute atomic E-state index is 0.0412. The predicted octanol–water partition coefficient (Wildman–Crippen LogP) is 4.38. The van der Waals surface area contributed by atoms with Crippen LogP contribution in [0.25, 0.3) is 0 Å². The summed E-state index contributed by atoms with van der Waals surface area (Å²) >= 11 is 1.88. The summed E-state index contributed by atoms with van der Waals surface area (Å²) in [5.41, 5.74) is 1.80. The van der Waals surface area contributed by atoms with Crippen molar-refractivity contribution < 1.29 is 4.84 Å². The molecule has 0 aromatic carbocycles. The summed E-state index contributed by atoms with van der Waals surface area (Å²) in [5, 5.41) is 4.50. The Morgan fingerprint density at radius 1 is 1.30 bits per heavy atom. The summed E-state index contributed by atoms with van der Waals surface area (Å²) in [4.78, 5) is 7.56. The summed E-state index contributed by atoms with van der Waals surface area (Å²) in [7, 11) is 2.11. The average molecular weight is 293 g/mol. The van der Waals surface area contributed by atoms with E-state index >= 15 is 0 Å². The van der Waals surface area contributed by atoms with Crippen LogP contribution in [0, 0.1) is 18.8 Å². The lowest BCUT2D eigenvalue weighted by Crippen LogP contribution is -2.48. The van der Waals surface area contributed by atoms with Gasteiger partial charge in [0.1, 0.15) is 0 Å². The highest BCUT2D eigenvalue weighted by molar-refractivity contribution is 7.10. The number of rotatable bonds is 1. The van der Waals surface area contributed by atoms with Gasteiger partial charge in [0.15, 0.2) is 0 Å². The van der Waals surface area contributed by atoms with Gasteiger partial charge < -0.3 is 0 Å². The van der Waals surface area contributed by atoms with E-state index < -0.39 is 0 Å². The van der Waals surface area contributed by atoms with E-state index in [1.54, 1.807) is 0 Å². The molecular weight excluding hydrogens is 266 g/mol. The first-order valence-electron chi connectivity index (χ1n) is 7.70. The van der Waals surface area contributed by atoms with Gasteiger partial charge in [-0.15, -0.1) is 11.3 Å². The van der Waals surface area contributed by atoms with E-state index in [1.165, 1.54) is 23.3 Å². The van der Waals surface area contributed by atoms with E-state index in [1.807, 2.05) is 11.3 Å². The van der Waals surface area contributed by atoms with E-state index in [4.69, 9.17) is 4.84 Å². The van der Waals surface area contributed by atoms with Crippen molar-refractivity contribution in [3.8, 4) is 0 Å². The van der Waals surface area contributed by atoms with Crippen LogP contribution in [0.5, 0.6) is 0 Å². The molecule has 0 N–H and O–H groups in total. The molecule has 0 radical (unpaired) electrons. The fraction of sp³-hybridized carbons (Fsp3) is 0.765. The van der Waals surface area contributed by atoms with E-state index in [0.29, 0.717) is 23.3 Å². The van der Waals surface area contributed by atoms with Gasteiger partial charge >= 0.3 is 0 Å². The summed E-state index contributed by atoms with van der Waals surface area (Å²) in [5.74, 6) is 1.28. The Bertz CT molecular complexity index is 509. The summed E-state index contributed by atoms with van der Waals surface area (Å²) in [6.45, 7) is 11.6. The van der Waals surface area contributed by atoms with Gasteiger partial charge in [-0.1, -0.05) is 13.8 Å². The van der Waals surface area contributed by atoms with Gasteiger partial charge in [0.2, 0.25) is 0 Å². The number of fused-ring (bicyclic) bond motifs is 1. The van der Waals surface area contributed by atoms with Crippen molar-refractivity contribution in [2.75, 3.05) is 7.05 Å². The summed E-state index contributed by atoms with van der Waals surface area (Å²) in [6.07, 6.45) is 2.49. The zero-order chi connectivity index (χ0) is 14.7. The number of aryl methyl sites for hydroxylation is 1. The Morgan fingerprint density at radius 3 is 2.60 bits per heavy atom. The molecule has 3 heteroatoms. The van der Waals surface area contributed by atoms with Gasteiger partial charge in [-0.05, 0) is 62.0 Å². The molecule has 2 heterocycles. The third-order valence-corrected chi connectivity index (χ3v) is 6.42. The molecular formula is C17H27NOS. The Labute approximate surface area is 127 Å². The molecule has 2 nitrogen and oxygen atoms in total. The Hall–Kier alpha value is -0.380. The van der Waals surface area contributed by atoms with Crippen LogP contribution in [0.15, 0.2) is 11.4 Å². The van der Waals surface area contributed by atoms with Gasteiger partial charge in [0.25, 0.3) is 0 Å². The summed E-state index contributed by atoms with van der Waals surface area (Å²) in [6, 6.07) is 2.96. The largest absolute Gasteiger partial charge is 0.293 e. The first kappa shape index (κ1) is 14.6. The van der Waals surface area contributed by atoms with Crippen LogP contribution in [0.1, 0.15) is 51.0 Å². The molecule has 112 valence electrons. The van der Waals surface area contributed by atoms with Crippen LogP contribution in [-0.4, -0.2) is 23.8 Å². The number of hydroxylamine groups is 2. The topological polar surface area (TPSA) is 12.5 Å². The van der Waals surface area contributed by atoms with E-state index in [2.05, 4.69) is 58.2 Å². The minimum Gasteiger partial charge on any atom is -0.293 e. The van der Waals surface area contributed by atoms with Crippen molar-refractivity contribution >= 4 is 11.3 Å². The molecule has 1 aliphatic heterocycles. The smallest absolute Gasteiger partial charge is 0.0887 e. The second-order valence-electron chi connectivity index (χ2n) is 7.73. The molecule has 2 aliphatic rings. The van der Waals surface area contributed by atoms with Crippen molar-refractivity contribution in [2.24, 2.45) is 11.8 Å². The fourth-order valence-corrected chi connectivity index (χ4v) is 5.54. The normalized spacial score (nSPS) is 40.8. The number of nitrogens with zero attached hydrogens (tertiary/aromatic N) is 1. The molecule has 4 atom stereocenters. The molecule has 0 bridgehead atoms. The molecule has 0 spiro atoms. The van der Waals surface area contributed by atoms with Crippen LogP contribution in [-0.2, 0) is 10.3 Å². The second kappa shape index (κ2) is 4.56. The molecule has 4 unspecified atom stereocenters. The van der Waals surface area contributed by atoms with E-state index in [-0.39, 0.29) is 5.60 Å². The second-order valence-corrected chi connectivity index (χ2v) is 8.85. The van der Waals surface area contributed by atoms with Crippen molar-refractivity contribution in [3.63, 3.8) is 0 Å². The number of hydrogen-bond acceptors (Lipinski definition) is 3. The molecule has 1 aromatic heterocycles. The van der Waals surface area contributed by atoms with Gasteiger partial charge in [-0.3, -0.25) is 4.84 Å². The maximum atomic E-state index is 6.14. The first-order chi connectivity index (χ1) is 9.23. The standard InChI is InChI=1S/C17H27NOS/c1-11-8-17(5,13-7-12(2)20-10-13)9-14-15(11)18(6)19-16(14,3)4/h7,10-11,14-15H,8-9H2,1-6H3. The van der Waals surface area contributed by atoms with E-state index in [0.717, 1.165) is 0 Å². The van der Waals surface area contributed by atoms with Gasteiger partial charge in [-0.25, -0.2) is 0 Å².